The third kappa shape index (κ3) is 1.82. The van der Waals surface area contributed by atoms with E-state index in [0.29, 0.717) is 6.61 Å². The average Bonchev–Trinajstić information content (AvgIpc) is 2.81. The molecule has 2 aromatic heterocycles. The Kier molecular flexibility index (Phi) is 2.84. The molecular formula is C14H16N2OS. The molecule has 3 rings (SSSR count). The Hall–Kier alpha value is -1.39. The molecule has 0 bridgehead atoms. The second-order valence-corrected chi connectivity index (χ2v) is 5.70. The van der Waals surface area contributed by atoms with Gasteiger partial charge in [-0.1, -0.05) is 23.5 Å². The zero-order chi connectivity index (χ0) is 12.7. The summed E-state index contributed by atoms with van der Waals surface area (Å²) in [4.78, 5) is 5.68. The van der Waals surface area contributed by atoms with Gasteiger partial charge in [-0.3, -0.25) is 4.40 Å². The van der Waals surface area contributed by atoms with Crippen LogP contribution in [-0.4, -0.2) is 15.5 Å². The van der Waals surface area contributed by atoms with Crippen LogP contribution >= 0.6 is 11.3 Å². The third-order valence-corrected chi connectivity index (χ3v) is 4.02. The fourth-order valence-corrected chi connectivity index (χ4v) is 3.18. The zero-order valence-electron chi connectivity index (χ0n) is 10.8. The molecule has 0 N–H and O–H groups in total. The quantitative estimate of drug-likeness (QED) is 0.716. The Balaban J connectivity index is 2.19. The molecule has 1 aromatic carbocycles. The molecular weight excluding hydrogens is 244 g/mol. The van der Waals surface area contributed by atoms with Gasteiger partial charge in [0.2, 0.25) is 0 Å². The number of para-hydroxylation sites is 1. The molecule has 0 atom stereocenters. The van der Waals surface area contributed by atoms with Crippen molar-refractivity contribution in [3.63, 3.8) is 0 Å². The van der Waals surface area contributed by atoms with E-state index in [1.54, 1.807) is 11.3 Å². The summed E-state index contributed by atoms with van der Waals surface area (Å²) in [7, 11) is 0. The van der Waals surface area contributed by atoms with Gasteiger partial charge in [-0.25, -0.2) is 4.98 Å². The van der Waals surface area contributed by atoms with Gasteiger partial charge in [0, 0.05) is 0 Å². The van der Waals surface area contributed by atoms with Crippen molar-refractivity contribution in [2.24, 2.45) is 0 Å². The molecule has 94 valence electrons. The van der Waals surface area contributed by atoms with Crippen LogP contribution in [0.4, 0.5) is 0 Å². The number of ether oxygens (including phenoxy) is 1. The summed E-state index contributed by atoms with van der Waals surface area (Å²) in [5.41, 5.74) is 3.45. The molecule has 0 unspecified atom stereocenters. The largest absolute Gasteiger partial charge is 0.372 e. The van der Waals surface area contributed by atoms with Gasteiger partial charge in [0.05, 0.1) is 34.3 Å². The molecule has 3 nitrogen and oxygen atoms in total. The maximum absolute atomic E-state index is 5.74. The van der Waals surface area contributed by atoms with Crippen molar-refractivity contribution in [3.8, 4) is 0 Å². The Bertz CT molecular complexity index is 696. The molecule has 0 aliphatic carbocycles. The van der Waals surface area contributed by atoms with Crippen LogP contribution in [0.3, 0.4) is 0 Å². The number of rotatable bonds is 3. The van der Waals surface area contributed by atoms with Crippen molar-refractivity contribution in [1.29, 1.82) is 0 Å². The highest BCUT2D eigenvalue weighted by Gasteiger charge is 2.14. The Morgan fingerprint density at radius 1 is 1.33 bits per heavy atom. The normalized spacial score (nSPS) is 12.0. The fraction of sp³-hybridized carbons (Fsp3) is 0.357. The Morgan fingerprint density at radius 2 is 2.11 bits per heavy atom. The average molecular weight is 260 g/mol. The van der Waals surface area contributed by atoms with Crippen LogP contribution in [0.5, 0.6) is 0 Å². The smallest absolute Gasteiger partial charge is 0.195 e. The molecule has 3 aromatic rings. The van der Waals surface area contributed by atoms with E-state index < -0.39 is 0 Å². The number of aryl methyl sites for hydroxylation is 1. The number of hydrogen-bond acceptors (Lipinski definition) is 3. The topological polar surface area (TPSA) is 26.5 Å². The summed E-state index contributed by atoms with van der Waals surface area (Å²) in [5, 5.41) is 0. The summed E-state index contributed by atoms with van der Waals surface area (Å²) in [6.07, 6.45) is 0.236. The third-order valence-electron chi connectivity index (χ3n) is 3.00. The van der Waals surface area contributed by atoms with Crippen molar-refractivity contribution < 1.29 is 4.74 Å². The monoisotopic (exact) mass is 260 g/mol. The van der Waals surface area contributed by atoms with Gasteiger partial charge in [-0.15, -0.1) is 0 Å². The van der Waals surface area contributed by atoms with Crippen LogP contribution in [0.15, 0.2) is 24.3 Å². The van der Waals surface area contributed by atoms with Gasteiger partial charge >= 0.3 is 0 Å². The molecule has 0 spiro atoms. The van der Waals surface area contributed by atoms with E-state index in [9.17, 15) is 0 Å². The molecule has 0 aliphatic heterocycles. The van der Waals surface area contributed by atoms with Crippen molar-refractivity contribution in [2.75, 3.05) is 0 Å². The predicted molar refractivity (Wildman–Crippen MR) is 75.2 cm³/mol. The van der Waals surface area contributed by atoms with Crippen LogP contribution in [-0.2, 0) is 11.3 Å². The van der Waals surface area contributed by atoms with Crippen LogP contribution in [0.2, 0.25) is 0 Å². The van der Waals surface area contributed by atoms with Gasteiger partial charge in [0.1, 0.15) is 0 Å². The van der Waals surface area contributed by atoms with Gasteiger partial charge in [0.25, 0.3) is 0 Å². The van der Waals surface area contributed by atoms with Crippen molar-refractivity contribution >= 4 is 26.5 Å². The molecule has 0 aliphatic rings. The molecule has 18 heavy (non-hydrogen) atoms. The first-order valence-electron chi connectivity index (χ1n) is 6.14. The van der Waals surface area contributed by atoms with E-state index in [1.165, 1.54) is 10.2 Å². The van der Waals surface area contributed by atoms with Crippen LogP contribution in [0.1, 0.15) is 25.2 Å². The van der Waals surface area contributed by atoms with E-state index >= 15 is 0 Å². The summed E-state index contributed by atoms with van der Waals surface area (Å²) in [6.45, 7) is 6.78. The van der Waals surface area contributed by atoms with Crippen molar-refractivity contribution in [1.82, 2.24) is 9.38 Å². The summed E-state index contributed by atoms with van der Waals surface area (Å²) >= 11 is 1.73. The summed E-state index contributed by atoms with van der Waals surface area (Å²) in [5.74, 6) is 0. The highest BCUT2D eigenvalue weighted by Crippen LogP contribution is 2.28. The maximum atomic E-state index is 5.74. The van der Waals surface area contributed by atoms with E-state index in [1.807, 2.05) is 6.92 Å². The lowest BCUT2D eigenvalue weighted by Crippen LogP contribution is -2.05. The Morgan fingerprint density at radius 3 is 2.89 bits per heavy atom. The minimum absolute atomic E-state index is 0.236. The van der Waals surface area contributed by atoms with Crippen LogP contribution in [0, 0.1) is 6.92 Å². The molecule has 4 heteroatoms. The lowest BCUT2D eigenvalue weighted by Gasteiger charge is -2.07. The number of nitrogens with zero attached hydrogens (tertiary/aromatic N) is 2. The molecule has 2 heterocycles. The highest BCUT2D eigenvalue weighted by molar-refractivity contribution is 7.23. The van der Waals surface area contributed by atoms with Gasteiger partial charge < -0.3 is 4.74 Å². The van der Waals surface area contributed by atoms with Crippen LogP contribution in [0.25, 0.3) is 15.2 Å². The standard InChI is InChI=1S/C14H16N2OS/c1-9(2)17-8-12-10(3)15-14-16(12)11-6-4-5-7-13(11)18-14/h4-7,9H,8H2,1-3H3. The number of imidazole rings is 1. The molecule has 0 fully saturated rings. The van der Waals surface area contributed by atoms with Crippen molar-refractivity contribution in [2.45, 2.75) is 33.5 Å². The van der Waals surface area contributed by atoms with E-state index in [-0.39, 0.29) is 6.10 Å². The second kappa shape index (κ2) is 4.37. The molecule has 0 radical (unpaired) electrons. The SMILES string of the molecule is Cc1nc2sc3ccccc3n2c1COC(C)C. The van der Waals surface area contributed by atoms with E-state index in [0.717, 1.165) is 16.3 Å². The first-order chi connectivity index (χ1) is 8.66. The van der Waals surface area contributed by atoms with E-state index in [4.69, 9.17) is 4.74 Å². The number of hydrogen-bond donors (Lipinski definition) is 0. The number of thiazole rings is 1. The minimum Gasteiger partial charge on any atom is -0.372 e. The second-order valence-electron chi connectivity index (χ2n) is 4.69. The zero-order valence-corrected chi connectivity index (χ0v) is 11.6. The predicted octanol–water partition coefficient (Wildman–Crippen LogP) is 3.78. The highest BCUT2D eigenvalue weighted by atomic mass is 32.1. The first-order valence-corrected chi connectivity index (χ1v) is 6.95. The fourth-order valence-electron chi connectivity index (χ4n) is 2.09. The summed E-state index contributed by atoms with van der Waals surface area (Å²) < 4.78 is 9.23. The summed E-state index contributed by atoms with van der Waals surface area (Å²) in [6, 6.07) is 8.41. The lowest BCUT2D eigenvalue weighted by molar-refractivity contribution is 0.0630. The Labute approximate surface area is 110 Å². The molecule has 0 amide bonds. The first kappa shape index (κ1) is 11.7. The van der Waals surface area contributed by atoms with E-state index in [2.05, 4.69) is 47.5 Å². The van der Waals surface area contributed by atoms with Gasteiger partial charge in [-0.05, 0) is 32.9 Å². The van der Waals surface area contributed by atoms with Crippen molar-refractivity contribution in [3.05, 3.63) is 35.7 Å². The van der Waals surface area contributed by atoms with Gasteiger partial charge in [0.15, 0.2) is 4.96 Å². The maximum Gasteiger partial charge on any atom is 0.195 e. The lowest BCUT2D eigenvalue weighted by atomic mass is 10.3. The number of fused-ring (bicyclic) bond motifs is 3. The van der Waals surface area contributed by atoms with Gasteiger partial charge in [-0.2, -0.15) is 0 Å². The number of aromatic nitrogens is 2. The molecule has 0 saturated heterocycles. The van der Waals surface area contributed by atoms with Crippen LogP contribution < -0.4 is 0 Å². The molecule has 0 saturated carbocycles. The minimum atomic E-state index is 0.236. The number of benzene rings is 1.